The third-order valence-corrected chi connectivity index (χ3v) is 11.5. The minimum atomic E-state index is -2.80. The van der Waals surface area contributed by atoms with Gasteiger partial charge >= 0.3 is 0 Å². The van der Waals surface area contributed by atoms with Crippen molar-refractivity contribution in [2.24, 2.45) is 0 Å². The molecule has 0 aliphatic carbocycles. The average molecular weight is 805 g/mol. The molecule has 11 rings (SSSR count). The zero-order valence-electron chi connectivity index (χ0n) is 41.8. The minimum absolute atomic E-state index is 0.0122. The number of hydrogen-bond donors (Lipinski definition) is 0. The molecule has 0 fully saturated rings. The lowest BCUT2D eigenvalue weighted by atomic mass is 9.90. The van der Waals surface area contributed by atoms with E-state index in [0.717, 1.165) is 60.5 Å². The Balaban J connectivity index is 1.09. The molecular formula is C58H44N4. The summed E-state index contributed by atoms with van der Waals surface area (Å²) < 4.78 is 78.6. The van der Waals surface area contributed by atoms with Gasteiger partial charge in [-0.2, -0.15) is 0 Å². The van der Waals surface area contributed by atoms with E-state index >= 15 is 0 Å². The topological polar surface area (TPSA) is 43.1 Å². The van der Waals surface area contributed by atoms with E-state index in [9.17, 15) is 11.0 Å². The smallest absolute Gasteiger partial charge is 0.0817 e. The quantitative estimate of drug-likeness (QED) is 0.129. The lowest BCUT2D eigenvalue weighted by Crippen LogP contribution is -1.99. The second kappa shape index (κ2) is 16.1. The van der Waals surface area contributed by atoms with Gasteiger partial charge in [0.05, 0.1) is 33.5 Å². The summed E-state index contributed by atoms with van der Waals surface area (Å²) >= 11 is 0. The van der Waals surface area contributed by atoms with Gasteiger partial charge in [0, 0.05) is 62.4 Å². The van der Waals surface area contributed by atoms with Crippen molar-refractivity contribution in [2.45, 2.75) is 32.4 Å². The van der Waals surface area contributed by atoms with E-state index < -0.39 is 25.5 Å². The highest BCUT2D eigenvalue weighted by Crippen LogP contribution is 2.40. The normalized spacial score (nSPS) is 14.4. The summed E-state index contributed by atoms with van der Waals surface area (Å²) in [6.07, 6.45) is -6.47. The molecule has 0 saturated carbocycles. The van der Waals surface area contributed by atoms with E-state index in [-0.39, 0.29) is 22.3 Å². The second-order valence-electron chi connectivity index (χ2n) is 15.4. The standard InChI is InChI=1S/C58H44N4/c1-39-48-18-10-12-22-55(48)62-56-23-13-11-21-51(56)57-52(58(39)62)35-47(38-61-57)50-20-9-8-19-49(50)46-33-42(26-24-40-28-30-53(59-36-40)44-14-4-2-5-15-44)32-43(34-46)27-25-41-29-31-54(60-37-41)45-16-6-3-7-17-45/h2-23,28-38H,24-27H2,1H3/i24D2,25D2,26D2,27D2. The third kappa shape index (κ3) is 7.00. The molecule has 0 saturated heterocycles. The number of aryl methyl sites for hydroxylation is 5. The Bertz CT molecular complexity index is 3660. The molecule has 0 N–H and O–H groups in total. The lowest BCUT2D eigenvalue weighted by Gasteiger charge is -2.16. The van der Waals surface area contributed by atoms with Gasteiger partial charge in [0.2, 0.25) is 0 Å². The van der Waals surface area contributed by atoms with Crippen LogP contribution < -0.4 is 0 Å². The minimum Gasteiger partial charge on any atom is -0.308 e. The number of hydrogen-bond acceptors (Lipinski definition) is 3. The van der Waals surface area contributed by atoms with Crippen LogP contribution in [0.1, 0.15) is 38.8 Å². The molecule has 5 aromatic heterocycles. The molecule has 0 spiro atoms. The van der Waals surface area contributed by atoms with Crippen LogP contribution >= 0.6 is 0 Å². The Morgan fingerprint density at radius 2 is 0.903 bits per heavy atom. The van der Waals surface area contributed by atoms with Gasteiger partial charge in [0.25, 0.3) is 0 Å². The van der Waals surface area contributed by atoms with E-state index in [2.05, 4.69) is 51.6 Å². The molecule has 5 heterocycles. The summed E-state index contributed by atoms with van der Waals surface area (Å²) in [7, 11) is 0. The molecule has 0 bridgehead atoms. The van der Waals surface area contributed by atoms with E-state index in [4.69, 9.17) is 4.98 Å². The molecule has 0 radical (unpaired) electrons. The van der Waals surface area contributed by atoms with Gasteiger partial charge in [0.15, 0.2) is 0 Å². The number of benzene rings is 6. The van der Waals surface area contributed by atoms with Crippen LogP contribution in [-0.2, 0) is 25.5 Å². The fourth-order valence-corrected chi connectivity index (χ4v) is 8.55. The Kier molecular flexibility index (Phi) is 7.65. The zero-order chi connectivity index (χ0) is 48.6. The van der Waals surface area contributed by atoms with Crippen molar-refractivity contribution in [1.82, 2.24) is 19.4 Å². The molecule has 296 valence electrons. The SMILES string of the molecule is [2H]C([2H])(c1ccc(-c2ccccc2)nc1)C([2H])([2H])c1cc(-c2ccccc2-c2cnc3c4ccccc4n4c5ccccc5c(C)c4c3c2)cc(C([2H])([2H])C([2H])([2H])c2ccc(-c3ccccc3)nc2)c1. The highest BCUT2D eigenvalue weighted by Gasteiger charge is 2.18. The average Bonchev–Trinajstić information content (AvgIpc) is 3.70. The van der Waals surface area contributed by atoms with E-state index in [1.807, 2.05) is 115 Å². The van der Waals surface area contributed by atoms with Gasteiger partial charge in [-0.15, -0.1) is 0 Å². The number of aromatic nitrogens is 4. The Labute approximate surface area is 373 Å². The predicted molar refractivity (Wildman–Crippen MR) is 257 cm³/mol. The van der Waals surface area contributed by atoms with Crippen LogP contribution in [0.3, 0.4) is 0 Å². The number of nitrogens with zero attached hydrogens (tertiary/aromatic N) is 4. The van der Waals surface area contributed by atoms with Crippen molar-refractivity contribution in [1.29, 1.82) is 0 Å². The maximum Gasteiger partial charge on any atom is 0.0817 e. The summed E-state index contributed by atoms with van der Waals surface area (Å²) in [5.74, 6) is 0. The van der Waals surface area contributed by atoms with Gasteiger partial charge < -0.3 is 4.40 Å². The van der Waals surface area contributed by atoms with Crippen LogP contribution in [0.15, 0.2) is 201 Å². The molecule has 62 heavy (non-hydrogen) atoms. The van der Waals surface area contributed by atoms with Crippen molar-refractivity contribution in [3.05, 3.63) is 228 Å². The fraction of sp³-hybridized carbons (Fsp3) is 0.0862. The van der Waals surface area contributed by atoms with Crippen molar-refractivity contribution in [2.75, 3.05) is 0 Å². The number of para-hydroxylation sites is 2. The van der Waals surface area contributed by atoms with Crippen LogP contribution in [-0.4, -0.2) is 19.4 Å². The molecule has 4 nitrogen and oxygen atoms in total. The number of rotatable bonds is 10. The third-order valence-electron chi connectivity index (χ3n) is 11.5. The van der Waals surface area contributed by atoms with Crippen molar-refractivity contribution in [3.8, 4) is 44.8 Å². The summed E-state index contributed by atoms with van der Waals surface area (Å²) in [6, 6.07) is 55.8. The molecule has 0 atom stereocenters. The predicted octanol–water partition coefficient (Wildman–Crippen LogP) is 14.1. The highest BCUT2D eigenvalue weighted by atomic mass is 14.9. The van der Waals surface area contributed by atoms with E-state index in [1.54, 1.807) is 24.3 Å². The van der Waals surface area contributed by atoms with Gasteiger partial charge in [-0.05, 0) is 107 Å². The van der Waals surface area contributed by atoms with Crippen LogP contribution in [0.5, 0.6) is 0 Å². The molecule has 0 aliphatic heterocycles. The highest BCUT2D eigenvalue weighted by molar-refractivity contribution is 6.16. The molecule has 0 unspecified atom stereocenters. The van der Waals surface area contributed by atoms with Gasteiger partial charge in [-0.25, -0.2) is 0 Å². The molecule has 0 amide bonds. The second-order valence-corrected chi connectivity index (χ2v) is 15.4. The lowest BCUT2D eigenvalue weighted by molar-refractivity contribution is 0.923. The zero-order valence-corrected chi connectivity index (χ0v) is 33.8. The first kappa shape index (κ1) is 29.5. The molecular weight excluding hydrogens is 753 g/mol. The number of fused-ring (bicyclic) bond motifs is 8. The van der Waals surface area contributed by atoms with Gasteiger partial charge in [-0.3, -0.25) is 15.0 Å². The molecule has 6 aromatic carbocycles. The van der Waals surface area contributed by atoms with E-state index in [0.29, 0.717) is 28.1 Å². The first-order valence-corrected chi connectivity index (χ1v) is 20.7. The van der Waals surface area contributed by atoms with Crippen LogP contribution in [0.2, 0.25) is 0 Å². The van der Waals surface area contributed by atoms with Crippen LogP contribution in [0.4, 0.5) is 0 Å². The Hall–Kier alpha value is -7.69. The van der Waals surface area contributed by atoms with Gasteiger partial charge in [0.1, 0.15) is 0 Å². The Morgan fingerprint density at radius 3 is 1.48 bits per heavy atom. The maximum atomic E-state index is 9.65. The maximum absolute atomic E-state index is 9.65. The monoisotopic (exact) mass is 804 g/mol. The van der Waals surface area contributed by atoms with E-state index in [1.165, 1.54) is 30.6 Å². The molecule has 11 aromatic rings. The fourth-order valence-electron chi connectivity index (χ4n) is 8.55. The van der Waals surface area contributed by atoms with Crippen LogP contribution in [0, 0.1) is 6.92 Å². The summed E-state index contributed by atoms with van der Waals surface area (Å²) in [5, 5.41) is 3.05. The number of pyridine rings is 4. The van der Waals surface area contributed by atoms with Crippen molar-refractivity contribution in [3.63, 3.8) is 0 Å². The summed E-state index contributed by atoms with van der Waals surface area (Å²) in [5.41, 5.74) is 9.98. The van der Waals surface area contributed by atoms with Crippen LogP contribution in [0.25, 0.3) is 83.0 Å². The summed E-state index contributed by atoms with van der Waals surface area (Å²) in [4.78, 5) is 14.2. The Morgan fingerprint density at radius 1 is 0.403 bits per heavy atom. The first-order chi connectivity index (χ1) is 33.7. The summed E-state index contributed by atoms with van der Waals surface area (Å²) in [6.45, 7) is 2.13. The molecule has 0 aliphatic rings. The van der Waals surface area contributed by atoms with Crippen molar-refractivity contribution >= 4 is 38.2 Å². The molecule has 4 heteroatoms. The first-order valence-electron chi connectivity index (χ1n) is 24.7. The van der Waals surface area contributed by atoms with Gasteiger partial charge in [-0.1, -0.05) is 152 Å². The van der Waals surface area contributed by atoms with Crippen molar-refractivity contribution < 1.29 is 11.0 Å². The largest absolute Gasteiger partial charge is 0.308 e.